The molecule has 0 radical (unpaired) electrons. The zero-order chi connectivity index (χ0) is 24.1. The number of nitrogens with zero attached hydrogens (tertiary/aromatic N) is 1. The summed E-state index contributed by atoms with van der Waals surface area (Å²) in [6.45, 7) is 0.421. The Bertz CT molecular complexity index is 1320. The van der Waals surface area contributed by atoms with E-state index in [1.54, 1.807) is 74.9 Å². The quantitative estimate of drug-likeness (QED) is 0.506. The monoisotopic (exact) mass is 478 g/mol. The lowest BCUT2D eigenvalue weighted by Gasteiger charge is -2.30. The molecule has 34 heavy (non-hydrogen) atoms. The maximum atomic E-state index is 13.1. The van der Waals surface area contributed by atoms with Crippen LogP contribution in [0.4, 0.5) is 11.4 Å². The van der Waals surface area contributed by atoms with Crippen LogP contribution >= 0.6 is 0 Å². The third-order valence-corrected chi connectivity index (χ3v) is 7.42. The van der Waals surface area contributed by atoms with Crippen molar-refractivity contribution in [3.05, 3.63) is 83.9 Å². The van der Waals surface area contributed by atoms with E-state index < -0.39 is 10.0 Å². The molecule has 7 nitrogen and oxygen atoms in total. The number of benzene rings is 3. The molecule has 8 heteroatoms. The van der Waals surface area contributed by atoms with Crippen molar-refractivity contribution in [3.63, 3.8) is 0 Å². The van der Waals surface area contributed by atoms with E-state index >= 15 is 0 Å². The molecule has 1 amide bonds. The number of fused-ring (bicyclic) bond motifs is 1. The number of carbonyl (C=O) groups is 1. The second-order valence-electron chi connectivity index (χ2n) is 7.77. The lowest BCUT2D eigenvalue weighted by atomic mass is 10.0. The summed E-state index contributed by atoms with van der Waals surface area (Å²) in [4.78, 5) is 12.7. The minimum atomic E-state index is -3.65. The molecule has 0 aliphatic carbocycles. The van der Waals surface area contributed by atoms with E-state index in [0.29, 0.717) is 35.8 Å². The first-order valence-corrected chi connectivity index (χ1v) is 12.3. The number of ether oxygens (including phenoxy) is 2. The average Bonchev–Trinajstić information content (AvgIpc) is 2.87. The molecule has 1 aliphatic heterocycles. The van der Waals surface area contributed by atoms with Gasteiger partial charge in [0.1, 0.15) is 0 Å². The van der Waals surface area contributed by atoms with E-state index in [-0.39, 0.29) is 10.8 Å². The molecule has 0 atom stereocenters. The smallest absolute Gasteiger partial charge is 0.264 e. The summed E-state index contributed by atoms with van der Waals surface area (Å²) in [6, 6.07) is 19.1. The Hall–Kier alpha value is -3.78. The molecule has 4 rings (SSSR count). The summed E-state index contributed by atoms with van der Waals surface area (Å²) in [5, 5.41) is 2.85. The number of sulfonamides is 1. The van der Waals surface area contributed by atoms with Gasteiger partial charge in [-0.25, -0.2) is 8.42 Å². The number of nitrogens with one attached hydrogen (secondary N) is 1. The third kappa shape index (κ3) is 4.92. The average molecular weight is 479 g/mol. The highest BCUT2D eigenvalue weighted by atomic mass is 32.2. The van der Waals surface area contributed by atoms with Crippen molar-refractivity contribution in [1.29, 1.82) is 0 Å². The van der Waals surface area contributed by atoms with Gasteiger partial charge in [-0.3, -0.25) is 9.10 Å². The first-order chi connectivity index (χ1) is 16.4. The molecule has 0 fully saturated rings. The third-order valence-electron chi connectivity index (χ3n) is 5.59. The lowest BCUT2D eigenvalue weighted by Crippen LogP contribution is -2.35. The summed E-state index contributed by atoms with van der Waals surface area (Å²) < 4.78 is 38.3. The minimum absolute atomic E-state index is 0.264. The van der Waals surface area contributed by atoms with E-state index in [0.717, 1.165) is 17.5 Å². The van der Waals surface area contributed by atoms with Crippen molar-refractivity contribution in [2.24, 2.45) is 0 Å². The molecular weight excluding hydrogens is 452 g/mol. The molecule has 1 heterocycles. The van der Waals surface area contributed by atoms with E-state index in [1.165, 1.54) is 10.4 Å². The SMILES string of the molecule is COc1ccc(/C=C/C(=O)Nc2ccc3c(c2)CCCN3S(=O)(=O)c2ccccc2)cc1OC. The number of rotatable bonds is 7. The lowest BCUT2D eigenvalue weighted by molar-refractivity contribution is -0.111. The van der Waals surface area contributed by atoms with Crippen LogP contribution in [-0.2, 0) is 21.2 Å². The Morgan fingerprint density at radius 3 is 2.47 bits per heavy atom. The Balaban J connectivity index is 1.50. The van der Waals surface area contributed by atoms with Crippen molar-refractivity contribution >= 4 is 33.4 Å². The number of carbonyl (C=O) groups excluding carboxylic acids is 1. The van der Waals surface area contributed by atoms with Gasteiger partial charge in [-0.05, 0) is 72.5 Å². The van der Waals surface area contributed by atoms with E-state index in [1.807, 2.05) is 12.1 Å². The van der Waals surface area contributed by atoms with Crippen LogP contribution in [0.25, 0.3) is 6.08 Å². The molecule has 3 aromatic carbocycles. The summed E-state index contributed by atoms with van der Waals surface area (Å²) in [5.41, 5.74) is 2.93. The minimum Gasteiger partial charge on any atom is -0.493 e. The predicted molar refractivity (Wildman–Crippen MR) is 133 cm³/mol. The van der Waals surface area contributed by atoms with Crippen molar-refractivity contribution in [3.8, 4) is 11.5 Å². The van der Waals surface area contributed by atoms with Crippen LogP contribution in [0.1, 0.15) is 17.5 Å². The number of anilines is 2. The Morgan fingerprint density at radius 2 is 1.74 bits per heavy atom. The normalized spacial score (nSPS) is 13.4. The summed E-state index contributed by atoms with van der Waals surface area (Å²) in [6.07, 6.45) is 4.56. The van der Waals surface area contributed by atoms with Gasteiger partial charge in [0, 0.05) is 18.3 Å². The molecule has 1 aliphatic rings. The number of methoxy groups -OCH3 is 2. The summed E-state index contributed by atoms with van der Waals surface area (Å²) >= 11 is 0. The highest BCUT2D eigenvalue weighted by Gasteiger charge is 2.29. The van der Waals surface area contributed by atoms with Crippen LogP contribution in [0.2, 0.25) is 0 Å². The number of amides is 1. The van der Waals surface area contributed by atoms with Crippen LogP contribution in [0, 0.1) is 0 Å². The number of aryl methyl sites for hydroxylation is 1. The first kappa shape index (κ1) is 23.4. The highest BCUT2D eigenvalue weighted by Crippen LogP contribution is 2.34. The van der Waals surface area contributed by atoms with Gasteiger partial charge in [0.15, 0.2) is 11.5 Å². The van der Waals surface area contributed by atoms with Gasteiger partial charge < -0.3 is 14.8 Å². The molecule has 0 saturated heterocycles. The number of hydrogen-bond acceptors (Lipinski definition) is 5. The van der Waals surface area contributed by atoms with Gasteiger partial charge in [-0.15, -0.1) is 0 Å². The fourth-order valence-electron chi connectivity index (χ4n) is 3.92. The van der Waals surface area contributed by atoms with Crippen molar-refractivity contribution < 1.29 is 22.7 Å². The van der Waals surface area contributed by atoms with Crippen LogP contribution < -0.4 is 19.1 Å². The van der Waals surface area contributed by atoms with E-state index in [9.17, 15) is 13.2 Å². The molecular formula is C26H26N2O5S. The Kier molecular flexibility index (Phi) is 6.88. The zero-order valence-electron chi connectivity index (χ0n) is 19.0. The zero-order valence-corrected chi connectivity index (χ0v) is 19.8. The molecule has 1 N–H and O–H groups in total. The maximum absolute atomic E-state index is 13.1. The standard InChI is InChI=1S/C26H26N2O5S/c1-32-24-14-10-19(17-25(24)33-2)11-15-26(29)27-21-12-13-23-20(18-21)7-6-16-28(23)34(30,31)22-8-4-3-5-9-22/h3-5,8-15,17-18H,6-7,16H2,1-2H3,(H,27,29)/b15-11+. The molecule has 0 unspecified atom stereocenters. The van der Waals surface area contributed by atoms with Crippen molar-refractivity contribution in [2.75, 3.05) is 30.4 Å². The number of hydrogen-bond donors (Lipinski definition) is 1. The maximum Gasteiger partial charge on any atom is 0.264 e. The van der Waals surface area contributed by atoms with Gasteiger partial charge in [-0.2, -0.15) is 0 Å². The van der Waals surface area contributed by atoms with Gasteiger partial charge in [0.25, 0.3) is 10.0 Å². The van der Waals surface area contributed by atoms with E-state index in [4.69, 9.17) is 9.47 Å². The fraction of sp³-hybridized carbons (Fsp3) is 0.192. The topological polar surface area (TPSA) is 84.9 Å². The second-order valence-corrected chi connectivity index (χ2v) is 9.64. The van der Waals surface area contributed by atoms with Crippen LogP contribution in [-0.4, -0.2) is 35.1 Å². The molecule has 0 spiro atoms. The first-order valence-electron chi connectivity index (χ1n) is 10.8. The van der Waals surface area contributed by atoms with Gasteiger partial charge in [0.2, 0.25) is 5.91 Å². The van der Waals surface area contributed by atoms with Crippen molar-refractivity contribution in [2.45, 2.75) is 17.7 Å². The molecule has 0 aromatic heterocycles. The summed E-state index contributed by atoms with van der Waals surface area (Å²) in [5.74, 6) is 0.899. The second kappa shape index (κ2) is 10.0. The predicted octanol–water partition coefficient (Wildman–Crippen LogP) is 4.50. The highest BCUT2D eigenvalue weighted by molar-refractivity contribution is 7.92. The largest absolute Gasteiger partial charge is 0.493 e. The van der Waals surface area contributed by atoms with Gasteiger partial charge in [-0.1, -0.05) is 24.3 Å². The van der Waals surface area contributed by atoms with Gasteiger partial charge in [0.05, 0.1) is 24.8 Å². The Morgan fingerprint density at radius 1 is 0.971 bits per heavy atom. The fourth-order valence-corrected chi connectivity index (χ4v) is 5.48. The van der Waals surface area contributed by atoms with Gasteiger partial charge >= 0.3 is 0 Å². The molecule has 0 bridgehead atoms. The van der Waals surface area contributed by atoms with Crippen LogP contribution in [0.5, 0.6) is 11.5 Å². The molecule has 176 valence electrons. The van der Waals surface area contributed by atoms with Crippen LogP contribution in [0.15, 0.2) is 77.7 Å². The molecule has 3 aromatic rings. The van der Waals surface area contributed by atoms with Crippen LogP contribution in [0.3, 0.4) is 0 Å². The van der Waals surface area contributed by atoms with Crippen molar-refractivity contribution in [1.82, 2.24) is 0 Å². The Labute approximate surface area is 199 Å². The van der Waals surface area contributed by atoms with E-state index in [2.05, 4.69) is 5.32 Å². The summed E-state index contributed by atoms with van der Waals surface area (Å²) in [7, 11) is -0.525. The molecule has 0 saturated carbocycles.